The van der Waals surface area contributed by atoms with Crippen molar-refractivity contribution in [2.45, 2.75) is 18.7 Å². The van der Waals surface area contributed by atoms with Gasteiger partial charge in [0.2, 0.25) is 5.90 Å². The second kappa shape index (κ2) is 6.54. The highest BCUT2D eigenvalue weighted by atomic mass is 16.5. The van der Waals surface area contributed by atoms with Crippen molar-refractivity contribution in [3.8, 4) is 0 Å². The monoisotopic (exact) mass is 294 g/mol. The smallest absolute Gasteiger partial charge is 0.217 e. The molecule has 1 aliphatic rings. The molecule has 1 aliphatic heterocycles. The van der Waals surface area contributed by atoms with Gasteiger partial charge in [-0.1, -0.05) is 42.5 Å². The van der Waals surface area contributed by atoms with Crippen LogP contribution in [0, 0.1) is 0 Å². The molecule has 4 nitrogen and oxygen atoms in total. The minimum atomic E-state index is -0.506. The van der Waals surface area contributed by atoms with Gasteiger partial charge in [-0.3, -0.25) is 0 Å². The van der Waals surface area contributed by atoms with Gasteiger partial charge in [-0.2, -0.15) is 0 Å². The van der Waals surface area contributed by atoms with Crippen LogP contribution in [0.2, 0.25) is 0 Å². The molecule has 1 heterocycles. The van der Waals surface area contributed by atoms with Gasteiger partial charge in [-0.25, -0.2) is 4.99 Å². The van der Waals surface area contributed by atoms with Gasteiger partial charge >= 0.3 is 0 Å². The average Bonchev–Trinajstić information content (AvgIpc) is 3.01. The number of benzene rings is 2. The van der Waals surface area contributed by atoms with Crippen molar-refractivity contribution in [1.29, 1.82) is 0 Å². The van der Waals surface area contributed by atoms with Crippen molar-refractivity contribution in [2.24, 2.45) is 4.99 Å². The van der Waals surface area contributed by atoms with E-state index in [4.69, 9.17) is 4.74 Å². The molecule has 2 aromatic rings. The summed E-state index contributed by atoms with van der Waals surface area (Å²) < 4.78 is 6.02. The first kappa shape index (κ1) is 14.5. The third-order valence-electron chi connectivity index (χ3n) is 3.70. The van der Waals surface area contributed by atoms with Crippen molar-refractivity contribution in [3.63, 3.8) is 0 Å². The minimum absolute atomic E-state index is 0.364. The van der Waals surface area contributed by atoms with E-state index in [1.165, 1.54) is 0 Å². The summed E-state index contributed by atoms with van der Waals surface area (Å²) in [4.78, 5) is 15.9. The van der Waals surface area contributed by atoms with Crippen molar-refractivity contribution < 1.29 is 9.53 Å². The minimum Gasteiger partial charge on any atom is -0.466 e. The highest BCUT2D eigenvalue weighted by Gasteiger charge is 2.33. The van der Waals surface area contributed by atoms with Crippen LogP contribution in [0.1, 0.15) is 22.8 Å². The summed E-state index contributed by atoms with van der Waals surface area (Å²) in [6.45, 7) is 0.724. The Morgan fingerprint density at radius 1 is 1.14 bits per heavy atom. The fourth-order valence-electron chi connectivity index (χ4n) is 2.66. The molecule has 0 radical (unpaired) electrons. The van der Waals surface area contributed by atoms with Crippen LogP contribution in [0.5, 0.6) is 0 Å². The fraction of sp³-hybridized carbons (Fsp3) is 0.222. The van der Waals surface area contributed by atoms with Crippen LogP contribution in [-0.4, -0.2) is 25.3 Å². The number of carbonyl (C=O) groups excluding carboxylic acids is 1. The normalized spacial score (nSPS) is 20.3. The van der Waals surface area contributed by atoms with E-state index in [2.05, 4.69) is 10.3 Å². The molecule has 1 N–H and O–H groups in total. The van der Waals surface area contributed by atoms with Crippen molar-refractivity contribution in [2.75, 3.05) is 7.05 Å². The van der Waals surface area contributed by atoms with Gasteiger partial charge in [0.15, 0.2) is 12.1 Å². The van der Waals surface area contributed by atoms with E-state index >= 15 is 0 Å². The fourth-order valence-corrected chi connectivity index (χ4v) is 2.66. The number of rotatable bonds is 5. The SMILES string of the molecule is CNCc1ccccc1C1OC(c2ccccc2)=NC1C=O. The Hall–Kier alpha value is -2.46. The van der Waals surface area contributed by atoms with Gasteiger partial charge in [-0.15, -0.1) is 0 Å². The van der Waals surface area contributed by atoms with Crippen LogP contribution < -0.4 is 5.32 Å². The Balaban J connectivity index is 1.92. The molecule has 0 bridgehead atoms. The van der Waals surface area contributed by atoms with Crippen molar-refractivity contribution >= 4 is 12.2 Å². The molecule has 0 spiro atoms. The van der Waals surface area contributed by atoms with E-state index in [-0.39, 0.29) is 6.10 Å². The average molecular weight is 294 g/mol. The van der Waals surface area contributed by atoms with Crippen LogP contribution in [0.4, 0.5) is 0 Å². The third kappa shape index (κ3) is 2.78. The van der Waals surface area contributed by atoms with Crippen LogP contribution in [0.15, 0.2) is 59.6 Å². The second-order valence-corrected chi connectivity index (χ2v) is 5.19. The first-order chi connectivity index (χ1) is 10.8. The summed E-state index contributed by atoms with van der Waals surface area (Å²) in [5, 5.41) is 3.14. The molecule has 0 aliphatic carbocycles. The highest BCUT2D eigenvalue weighted by Crippen LogP contribution is 2.32. The largest absolute Gasteiger partial charge is 0.466 e. The van der Waals surface area contributed by atoms with Gasteiger partial charge in [-0.05, 0) is 30.3 Å². The Morgan fingerprint density at radius 3 is 2.59 bits per heavy atom. The maximum Gasteiger partial charge on any atom is 0.217 e. The molecular weight excluding hydrogens is 276 g/mol. The molecule has 112 valence electrons. The number of ether oxygens (including phenoxy) is 1. The quantitative estimate of drug-likeness (QED) is 0.862. The lowest BCUT2D eigenvalue weighted by molar-refractivity contribution is -0.110. The van der Waals surface area contributed by atoms with Gasteiger partial charge < -0.3 is 14.8 Å². The van der Waals surface area contributed by atoms with Crippen LogP contribution >= 0.6 is 0 Å². The Labute approximate surface area is 129 Å². The summed E-state index contributed by atoms with van der Waals surface area (Å²) in [5.74, 6) is 0.530. The Morgan fingerprint density at radius 2 is 1.86 bits per heavy atom. The number of nitrogens with one attached hydrogen (secondary N) is 1. The lowest BCUT2D eigenvalue weighted by Gasteiger charge is -2.18. The van der Waals surface area contributed by atoms with Crippen molar-refractivity contribution in [1.82, 2.24) is 5.32 Å². The molecule has 0 saturated carbocycles. The maximum atomic E-state index is 11.4. The molecule has 0 fully saturated rings. The number of hydrogen-bond donors (Lipinski definition) is 1. The molecule has 3 rings (SSSR count). The lowest BCUT2D eigenvalue weighted by atomic mass is 9.98. The van der Waals surface area contributed by atoms with E-state index in [0.29, 0.717) is 5.90 Å². The summed E-state index contributed by atoms with van der Waals surface area (Å²) in [5.41, 5.74) is 3.01. The molecule has 0 amide bonds. The van der Waals surface area contributed by atoms with Crippen LogP contribution in [-0.2, 0) is 16.1 Å². The number of aldehydes is 1. The van der Waals surface area contributed by atoms with E-state index in [1.54, 1.807) is 0 Å². The molecule has 2 aromatic carbocycles. The molecule has 4 heteroatoms. The predicted molar refractivity (Wildman–Crippen MR) is 85.9 cm³/mol. The molecular formula is C18H18N2O2. The van der Waals surface area contributed by atoms with E-state index in [9.17, 15) is 4.79 Å². The van der Waals surface area contributed by atoms with Gasteiger partial charge in [0.25, 0.3) is 0 Å². The lowest BCUT2D eigenvalue weighted by Crippen LogP contribution is -2.19. The molecule has 0 saturated heterocycles. The first-order valence-electron chi connectivity index (χ1n) is 7.31. The zero-order valence-corrected chi connectivity index (χ0v) is 12.4. The molecule has 2 unspecified atom stereocenters. The number of aliphatic imine (C=N–C) groups is 1. The van der Waals surface area contributed by atoms with Crippen LogP contribution in [0.25, 0.3) is 0 Å². The summed E-state index contributed by atoms with van der Waals surface area (Å²) in [6, 6.07) is 17.1. The van der Waals surface area contributed by atoms with E-state index in [0.717, 1.165) is 29.5 Å². The summed E-state index contributed by atoms with van der Waals surface area (Å²) in [7, 11) is 1.90. The Bertz CT molecular complexity index is 682. The summed E-state index contributed by atoms with van der Waals surface area (Å²) in [6.07, 6.45) is 0.494. The van der Waals surface area contributed by atoms with E-state index in [1.807, 2.05) is 61.6 Å². The molecule has 2 atom stereocenters. The second-order valence-electron chi connectivity index (χ2n) is 5.19. The molecule has 22 heavy (non-hydrogen) atoms. The van der Waals surface area contributed by atoms with Gasteiger partial charge in [0, 0.05) is 12.1 Å². The Kier molecular flexibility index (Phi) is 4.30. The predicted octanol–water partition coefficient (Wildman–Crippen LogP) is 2.49. The number of carbonyl (C=O) groups is 1. The van der Waals surface area contributed by atoms with E-state index < -0.39 is 6.04 Å². The van der Waals surface area contributed by atoms with Gasteiger partial charge in [0.1, 0.15) is 6.29 Å². The standard InChI is InChI=1S/C18H18N2O2/c1-19-11-14-9-5-6-10-15(14)17-16(12-21)20-18(22-17)13-7-3-2-4-8-13/h2-10,12,16-17,19H,11H2,1H3. The number of hydrogen-bond acceptors (Lipinski definition) is 4. The number of nitrogens with zero attached hydrogens (tertiary/aromatic N) is 1. The zero-order valence-electron chi connectivity index (χ0n) is 12.4. The topological polar surface area (TPSA) is 50.7 Å². The first-order valence-corrected chi connectivity index (χ1v) is 7.31. The van der Waals surface area contributed by atoms with Gasteiger partial charge in [0.05, 0.1) is 0 Å². The molecule has 0 aromatic heterocycles. The van der Waals surface area contributed by atoms with Crippen molar-refractivity contribution in [3.05, 3.63) is 71.3 Å². The summed E-state index contributed by atoms with van der Waals surface area (Å²) >= 11 is 0. The highest BCUT2D eigenvalue weighted by molar-refractivity contribution is 5.96. The maximum absolute atomic E-state index is 11.4. The third-order valence-corrected chi connectivity index (χ3v) is 3.70. The van der Waals surface area contributed by atoms with Crippen LogP contribution in [0.3, 0.4) is 0 Å². The zero-order chi connectivity index (χ0) is 15.4.